The number of rotatable bonds is 6. The quantitative estimate of drug-likeness (QED) is 0.855. The highest BCUT2D eigenvalue weighted by Crippen LogP contribution is 2.26. The molecule has 2 rings (SSSR count). The SMILES string of the molecule is COc1ccc(C)cc1C(C)NCc1ccc(CO)cc1. The highest BCUT2D eigenvalue weighted by molar-refractivity contribution is 5.39. The molecule has 0 aliphatic heterocycles. The van der Waals surface area contributed by atoms with Crippen LogP contribution in [0, 0.1) is 6.92 Å². The second kappa shape index (κ2) is 7.25. The van der Waals surface area contributed by atoms with E-state index in [-0.39, 0.29) is 12.6 Å². The normalized spacial score (nSPS) is 12.2. The van der Waals surface area contributed by atoms with Crippen LogP contribution >= 0.6 is 0 Å². The minimum absolute atomic E-state index is 0.0879. The van der Waals surface area contributed by atoms with Gasteiger partial charge in [-0.3, -0.25) is 0 Å². The van der Waals surface area contributed by atoms with Gasteiger partial charge < -0.3 is 15.2 Å². The molecule has 0 spiro atoms. The first-order chi connectivity index (χ1) is 10.1. The minimum Gasteiger partial charge on any atom is -0.496 e. The molecule has 0 amide bonds. The zero-order valence-electron chi connectivity index (χ0n) is 12.9. The van der Waals surface area contributed by atoms with Gasteiger partial charge in [-0.2, -0.15) is 0 Å². The van der Waals surface area contributed by atoms with Gasteiger partial charge in [-0.15, -0.1) is 0 Å². The van der Waals surface area contributed by atoms with Gasteiger partial charge in [-0.25, -0.2) is 0 Å². The van der Waals surface area contributed by atoms with E-state index >= 15 is 0 Å². The number of aliphatic hydroxyl groups excluding tert-OH is 1. The van der Waals surface area contributed by atoms with E-state index in [0.717, 1.165) is 17.9 Å². The predicted octanol–water partition coefficient (Wildman–Crippen LogP) is 3.35. The van der Waals surface area contributed by atoms with E-state index in [0.29, 0.717) is 0 Å². The number of nitrogens with one attached hydrogen (secondary N) is 1. The Hall–Kier alpha value is -1.84. The summed E-state index contributed by atoms with van der Waals surface area (Å²) in [7, 11) is 1.70. The Kier molecular flexibility index (Phi) is 5.37. The van der Waals surface area contributed by atoms with Gasteiger partial charge >= 0.3 is 0 Å². The number of benzene rings is 2. The van der Waals surface area contributed by atoms with E-state index < -0.39 is 0 Å². The van der Waals surface area contributed by atoms with Crippen molar-refractivity contribution in [3.63, 3.8) is 0 Å². The fraction of sp³-hybridized carbons (Fsp3) is 0.333. The summed E-state index contributed by atoms with van der Waals surface area (Å²) in [5, 5.41) is 12.6. The molecule has 21 heavy (non-hydrogen) atoms. The second-order valence-electron chi connectivity index (χ2n) is 5.32. The maximum atomic E-state index is 9.05. The molecule has 0 bridgehead atoms. The molecular formula is C18H23NO2. The molecule has 0 saturated heterocycles. The van der Waals surface area contributed by atoms with E-state index in [4.69, 9.17) is 9.84 Å². The third kappa shape index (κ3) is 4.06. The zero-order chi connectivity index (χ0) is 15.2. The summed E-state index contributed by atoms with van der Waals surface area (Å²) in [4.78, 5) is 0. The summed E-state index contributed by atoms with van der Waals surface area (Å²) in [6.45, 7) is 5.09. The van der Waals surface area contributed by atoms with Crippen molar-refractivity contribution in [1.29, 1.82) is 0 Å². The summed E-state index contributed by atoms with van der Waals surface area (Å²) in [5.41, 5.74) is 4.54. The molecule has 0 heterocycles. The average molecular weight is 285 g/mol. The Morgan fingerprint density at radius 2 is 1.76 bits per heavy atom. The molecule has 112 valence electrons. The van der Waals surface area contributed by atoms with Crippen LogP contribution in [-0.4, -0.2) is 12.2 Å². The number of hydrogen-bond donors (Lipinski definition) is 2. The molecule has 2 aromatic carbocycles. The smallest absolute Gasteiger partial charge is 0.123 e. The standard InChI is InChI=1S/C18H23NO2/c1-13-4-9-18(21-3)17(10-13)14(2)19-11-15-5-7-16(12-20)8-6-15/h4-10,14,19-20H,11-12H2,1-3H3. The first-order valence-corrected chi connectivity index (χ1v) is 7.20. The van der Waals surface area contributed by atoms with Gasteiger partial charge in [0.15, 0.2) is 0 Å². The van der Waals surface area contributed by atoms with Crippen LogP contribution in [0.3, 0.4) is 0 Å². The zero-order valence-corrected chi connectivity index (χ0v) is 12.9. The molecular weight excluding hydrogens is 262 g/mol. The number of hydrogen-bond acceptors (Lipinski definition) is 3. The summed E-state index contributed by atoms with van der Waals surface area (Å²) in [5.74, 6) is 0.913. The van der Waals surface area contributed by atoms with Crippen LogP contribution in [0.1, 0.15) is 35.2 Å². The van der Waals surface area contributed by atoms with Gasteiger partial charge in [0, 0.05) is 18.2 Å². The topological polar surface area (TPSA) is 41.5 Å². The van der Waals surface area contributed by atoms with Crippen LogP contribution < -0.4 is 10.1 Å². The molecule has 3 nitrogen and oxygen atoms in total. The lowest BCUT2D eigenvalue weighted by atomic mass is 10.0. The molecule has 2 aromatic rings. The predicted molar refractivity (Wildman–Crippen MR) is 85.4 cm³/mol. The lowest BCUT2D eigenvalue weighted by molar-refractivity contribution is 0.282. The van der Waals surface area contributed by atoms with Crippen LogP contribution in [0.5, 0.6) is 5.75 Å². The molecule has 0 radical (unpaired) electrons. The van der Waals surface area contributed by atoms with Crippen molar-refractivity contribution in [1.82, 2.24) is 5.32 Å². The molecule has 0 aromatic heterocycles. The van der Waals surface area contributed by atoms with Crippen molar-refractivity contribution in [2.24, 2.45) is 0 Å². The fourth-order valence-electron chi connectivity index (χ4n) is 2.34. The molecule has 0 fully saturated rings. The van der Waals surface area contributed by atoms with Crippen LogP contribution in [0.25, 0.3) is 0 Å². The summed E-state index contributed by atoms with van der Waals surface area (Å²) >= 11 is 0. The third-order valence-electron chi connectivity index (χ3n) is 3.67. The van der Waals surface area contributed by atoms with Crippen molar-refractivity contribution in [2.45, 2.75) is 33.0 Å². The Balaban J connectivity index is 2.03. The number of aliphatic hydroxyl groups is 1. The molecule has 0 aliphatic rings. The molecule has 0 saturated carbocycles. The van der Waals surface area contributed by atoms with Gasteiger partial charge in [0.1, 0.15) is 5.75 Å². The molecule has 1 atom stereocenters. The number of ether oxygens (including phenoxy) is 1. The van der Waals surface area contributed by atoms with E-state index in [1.54, 1.807) is 7.11 Å². The maximum Gasteiger partial charge on any atom is 0.123 e. The van der Waals surface area contributed by atoms with E-state index in [1.807, 2.05) is 30.3 Å². The fourth-order valence-corrected chi connectivity index (χ4v) is 2.34. The lowest BCUT2D eigenvalue weighted by Gasteiger charge is -2.18. The summed E-state index contributed by atoms with van der Waals surface area (Å²) in [6.07, 6.45) is 0. The van der Waals surface area contributed by atoms with E-state index in [1.165, 1.54) is 16.7 Å². The number of methoxy groups -OCH3 is 1. The number of aryl methyl sites for hydroxylation is 1. The van der Waals surface area contributed by atoms with Crippen molar-refractivity contribution >= 4 is 0 Å². The Labute approximate surface area is 126 Å². The van der Waals surface area contributed by atoms with Gasteiger partial charge in [0.2, 0.25) is 0 Å². The van der Waals surface area contributed by atoms with Gasteiger partial charge in [-0.1, -0.05) is 42.0 Å². The first-order valence-electron chi connectivity index (χ1n) is 7.20. The Morgan fingerprint density at radius 3 is 2.38 bits per heavy atom. The van der Waals surface area contributed by atoms with Crippen molar-refractivity contribution in [3.8, 4) is 5.75 Å². The summed E-state index contributed by atoms with van der Waals surface area (Å²) < 4.78 is 5.44. The van der Waals surface area contributed by atoms with Crippen LogP contribution in [-0.2, 0) is 13.2 Å². The van der Waals surface area contributed by atoms with Crippen molar-refractivity contribution in [2.75, 3.05) is 7.11 Å². The van der Waals surface area contributed by atoms with Crippen LogP contribution in [0.4, 0.5) is 0 Å². The lowest BCUT2D eigenvalue weighted by Crippen LogP contribution is -2.18. The highest BCUT2D eigenvalue weighted by atomic mass is 16.5. The van der Waals surface area contributed by atoms with Crippen molar-refractivity contribution in [3.05, 3.63) is 64.7 Å². The largest absolute Gasteiger partial charge is 0.496 e. The third-order valence-corrected chi connectivity index (χ3v) is 3.67. The van der Waals surface area contributed by atoms with Gasteiger partial charge in [0.25, 0.3) is 0 Å². The van der Waals surface area contributed by atoms with Crippen LogP contribution in [0.15, 0.2) is 42.5 Å². The molecule has 0 aliphatic carbocycles. The second-order valence-corrected chi connectivity index (χ2v) is 5.32. The monoisotopic (exact) mass is 285 g/mol. The average Bonchev–Trinajstić information content (AvgIpc) is 2.53. The summed E-state index contributed by atoms with van der Waals surface area (Å²) in [6, 6.07) is 14.4. The van der Waals surface area contributed by atoms with Gasteiger partial charge in [-0.05, 0) is 31.0 Å². The minimum atomic E-state index is 0.0879. The Morgan fingerprint density at radius 1 is 1.10 bits per heavy atom. The Bertz CT molecular complexity index is 578. The van der Waals surface area contributed by atoms with Gasteiger partial charge in [0.05, 0.1) is 13.7 Å². The highest BCUT2D eigenvalue weighted by Gasteiger charge is 2.11. The van der Waals surface area contributed by atoms with Crippen LogP contribution in [0.2, 0.25) is 0 Å². The van der Waals surface area contributed by atoms with E-state index in [2.05, 4.69) is 31.3 Å². The molecule has 1 unspecified atom stereocenters. The maximum absolute atomic E-state index is 9.05. The molecule has 3 heteroatoms. The van der Waals surface area contributed by atoms with E-state index in [9.17, 15) is 0 Å². The first kappa shape index (κ1) is 15.5. The van der Waals surface area contributed by atoms with Crippen molar-refractivity contribution < 1.29 is 9.84 Å². The molecule has 2 N–H and O–H groups in total.